The molecule has 8 N–H and O–H groups in total. The first-order chi connectivity index (χ1) is 12.0. The Morgan fingerprint density at radius 3 is 2.20 bits per heavy atom. The molecule has 0 spiro atoms. The maximum Gasteiger partial charge on any atom is 0.314 e. The first kappa shape index (κ1) is 18.4. The molecule has 0 atom stereocenters. The lowest BCUT2D eigenvalue weighted by Gasteiger charge is -2.20. The lowest BCUT2D eigenvalue weighted by Crippen LogP contribution is -2.23. The molecule has 0 radical (unpaired) electrons. The Labute approximate surface area is 147 Å². The fourth-order valence-electron chi connectivity index (χ4n) is 2.60. The summed E-state index contributed by atoms with van der Waals surface area (Å²) >= 11 is 0. The lowest BCUT2D eigenvalue weighted by atomic mass is 9.89. The second-order valence-electron chi connectivity index (χ2n) is 6.00. The van der Waals surface area contributed by atoms with Crippen molar-refractivity contribution in [3.63, 3.8) is 0 Å². The monoisotopic (exact) mass is 343 g/mol. The van der Waals surface area contributed by atoms with Crippen molar-refractivity contribution >= 4 is 29.0 Å². The SMILES string of the molecule is Nc1ccc(N)c(N)n1.Nc1ccccc1OC(=O)C1CCCCC1. The zero-order valence-corrected chi connectivity index (χ0v) is 14.2. The van der Waals surface area contributed by atoms with E-state index in [1.54, 1.807) is 24.3 Å². The molecular weight excluding hydrogens is 318 g/mol. The first-order valence-corrected chi connectivity index (χ1v) is 8.31. The van der Waals surface area contributed by atoms with Crippen molar-refractivity contribution in [2.24, 2.45) is 5.92 Å². The van der Waals surface area contributed by atoms with Gasteiger partial charge in [0.05, 0.1) is 17.3 Å². The second kappa shape index (κ2) is 8.77. The number of nitrogen functional groups attached to an aromatic ring is 4. The Balaban J connectivity index is 0.000000212. The van der Waals surface area contributed by atoms with E-state index in [0.717, 1.165) is 25.7 Å². The van der Waals surface area contributed by atoms with E-state index >= 15 is 0 Å². The minimum atomic E-state index is -0.127. The van der Waals surface area contributed by atoms with Crippen LogP contribution in [0.2, 0.25) is 0 Å². The van der Waals surface area contributed by atoms with Gasteiger partial charge in [0.25, 0.3) is 0 Å². The van der Waals surface area contributed by atoms with Crippen LogP contribution in [0.3, 0.4) is 0 Å². The first-order valence-electron chi connectivity index (χ1n) is 8.31. The molecule has 0 amide bonds. The number of anilines is 4. The molecule has 7 heteroatoms. The van der Waals surface area contributed by atoms with Crippen LogP contribution in [0.5, 0.6) is 5.75 Å². The van der Waals surface area contributed by atoms with Crippen LogP contribution in [-0.2, 0) is 4.79 Å². The summed E-state index contributed by atoms with van der Waals surface area (Å²) in [6.07, 6.45) is 5.39. The van der Waals surface area contributed by atoms with Crippen molar-refractivity contribution < 1.29 is 9.53 Å². The highest BCUT2D eigenvalue weighted by molar-refractivity contribution is 5.76. The van der Waals surface area contributed by atoms with E-state index in [1.807, 2.05) is 12.1 Å². The van der Waals surface area contributed by atoms with Crippen LogP contribution in [0, 0.1) is 5.92 Å². The molecule has 7 nitrogen and oxygen atoms in total. The minimum Gasteiger partial charge on any atom is -0.424 e. The normalized spacial score (nSPS) is 14.2. The Hall–Kier alpha value is -2.96. The number of hydrogen-bond donors (Lipinski definition) is 4. The maximum atomic E-state index is 11.8. The van der Waals surface area contributed by atoms with Gasteiger partial charge in [-0.3, -0.25) is 4.79 Å². The molecule has 1 fully saturated rings. The van der Waals surface area contributed by atoms with Gasteiger partial charge in [-0.2, -0.15) is 0 Å². The summed E-state index contributed by atoms with van der Waals surface area (Å²) in [6.45, 7) is 0. The van der Waals surface area contributed by atoms with Gasteiger partial charge in [0.1, 0.15) is 11.6 Å². The molecule has 2 aromatic rings. The van der Waals surface area contributed by atoms with Crippen LogP contribution >= 0.6 is 0 Å². The quantitative estimate of drug-likeness (QED) is 0.372. The van der Waals surface area contributed by atoms with E-state index in [-0.39, 0.29) is 17.7 Å². The average Bonchev–Trinajstić information content (AvgIpc) is 2.62. The third-order valence-electron chi connectivity index (χ3n) is 4.05. The summed E-state index contributed by atoms with van der Waals surface area (Å²) < 4.78 is 5.32. The highest BCUT2D eigenvalue weighted by Crippen LogP contribution is 2.27. The summed E-state index contributed by atoms with van der Waals surface area (Å²) in [5, 5.41) is 0. The van der Waals surface area contributed by atoms with Crippen molar-refractivity contribution in [3.05, 3.63) is 36.4 Å². The van der Waals surface area contributed by atoms with Gasteiger partial charge in [-0.05, 0) is 37.1 Å². The fourth-order valence-corrected chi connectivity index (χ4v) is 2.60. The van der Waals surface area contributed by atoms with E-state index in [2.05, 4.69) is 4.98 Å². The van der Waals surface area contributed by atoms with Crippen molar-refractivity contribution in [2.75, 3.05) is 22.9 Å². The smallest absolute Gasteiger partial charge is 0.314 e. The Bertz CT molecular complexity index is 714. The number of ether oxygens (including phenoxy) is 1. The summed E-state index contributed by atoms with van der Waals surface area (Å²) in [5.41, 5.74) is 22.6. The van der Waals surface area contributed by atoms with Crippen LogP contribution in [-0.4, -0.2) is 11.0 Å². The van der Waals surface area contributed by atoms with Crippen molar-refractivity contribution in [1.82, 2.24) is 4.98 Å². The number of nitrogens with two attached hydrogens (primary N) is 4. The minimum absolute atomic E-state index is 0.0633. The number of nitrogens with zero attached hydrogens (tertiary/aromatic N) is 1. The van der Waals surface area contributed by atoms with E-state index in [4.69, 9.17) is 27.7 Å². The topological polar surface area (TPSA) is 143 Å². The largest absolute Gasteiger partial charge is 0.424 e. The van der Waals surface area contributed by atoms with Gasteiger partial charge < -0.3 is 27.7 Å². The molecule has 0 aliphatic heterocycles. The van der Waals surface area contributed by atoms with Gasteiger partial charge in [-0.1, -0.05) is 31.4 Å². The lowest BCUT2D eigenvalue weighted by molar-refractivity contribution is -0.139. The Morgan fingerprint density at radius 2 is 1.60 bits per heavy atom. The van der Waals surface area contributed by atoms with Crippen LogP contribution < -0.4 is 27.7 Å². The summed E-state index contributed by atoms with van der Waals surface area (Å²) in [6, 6.07) is 10.3. The number of para-hydroxylation sites is 2. The molecular formula is C18H25N5O2. The number of aromatic nitrogens is 1. The number of rotatable bonds is 2. The average molecular weight is 343 g/mol. The summed E-state index contributed by atoms with van der Waals surface area (Å²) in [7, 11) is 0. The highest BCUT2D eigenvalue weighted by Gasteiger charge is 2.23. The number of hydrogen-bond acceptors (Lipinski definition) is 7. The number of carbonyl (C=O) groups is 1. The zero-order valence-electron chi connectivity index (χ0n) is 14.2. The van der Waals surface area contributed by atoms with E-state index in [0.29, 0.717) is 22.9 Å². The molecule has 3 rings (SSSR count). The molecule has 1 aromatic carbocycles. The third-order valence-corrected chi connectivity index (χ3v) is 4.05. The van der Waals surface area contributed by atoms with E-state index in [9.17, 15) is 4.79 Å². The molecule has 1 aliphatic rings. The molecule has 134 valence electrons. The van der Waals surface area contributed by atoms with Gasteiger partial charge in [0, 0.05) is 0 Å². The zero-order chi connectivity index (χ0) is 18.2. The molecule has 1 heterocycles. The highest BCUT2D eigenvalue weighted by atomic mass is 16.5. The van der Waals surface area contributed by atoms with Gasteiger partial charge in [-0.25, -0.2) is 4.98 Å². The molecule has 0 bridgehead atoms. The van der Waals surface area contributed by atoms with Crippen LogP contribution in [0.25, 0.3) is 0 Å². The summed E-state index contributed by atoms with van der Waals surface area (Å²) in [5.74, 6) is 1.10. The molecule has 25 heavy (non-hydrogen) atoms. The van der Waals surface area contributed by atoms with E-state index in [1.165, 1.54) is 6.42 Å². The third kappa shape index (κ3) is 5.56. The number of esters is 1. The van der Waals surface area contributed by atoms with Crippen LogP contribution in [0.4, 0.5) is 23.0 Å². The number of pyridine rings is 1. The van der Waals surface area contributed by atoms with E-state index < -0.39 is 0 Å². The van der Waals surface area contributed by atoms with Gasteiger partial charge in [0.15, 0.2) is 5.75 Å². The Kier molecular flexibility index (Phi) is 6.45. The number of carbonyl (C=O) groups excluding carboxylic acids is 1. The molecule has 0 unspecified atom stereocenters. The predicted octanol–water partition coefficient (Wildman–Crippen LogP) is 2.58. The van der Waals surface area contributed by atoms with Gasteiger partial charge in [-0.15, -0.1) is 0 Å². The van der Waals surface area contributed by atoms with Crippen LogP contribution in [0.15, 0.2) is 36.4 Å². The van der Waals surface area contributed by atoms with Crippen LogP contribution in [0.1, 0.15) is 32.1 Å². The molecule has 1 aromatic heterocycles. The second-order valence-corrected chi connectivity index (χ2v) is 6.00. The standard InChI is InChI=1S/C13H17NO2.C5H8N4/c14-11-8-4-5-9-12(11)16-13(15)10-6-2-1-3-7-10;6-3-1-2-4(7)9-5(3)8/h4-5,8-10H,1-3,6-7,14H2;1-2H,6H2,(H4,7,8,9). The van der Waals surface area contributed by atoms with Crippen molar-refractivity contribution in [1.29, 1.82) is 0 Å². The van der Waals surface area contributed by atoms with Gasteiger partial charge in [0.2, 0.25) is 0 Å². The fraction of sp³-hybridized carbons (Fsp3) is 0.333. The maximum absolute atomic E-state index is 11.8. The molecule has 0 saturated heterocycles. The Morgan fingerprint density at radius 1 is 0.920 bits per heavy atom. The van der Waals surface area contributed by atoms with Crippen molar-refractivity contribution in [3.8, 4) is 5.75 Å². The summed E-state index contributed by atoms with van der Waals surface area (Å²) in [4.78, 5) is 15.5. The van der Waals surface area contributed by atoms with Gasteiger partial charge >= 0.3 is 5.97 Å². The molecule has 1 aliphatic carbocycles. The number of benzene rings is 1. The predicted molar refractivity (Wildman–Crippen MR) is 101 cm³/mol. The van der Waals surface area contributed by atoms with Crippen molar-refractivity contribution in [2.45, 2.75) is 32.1 Å². The molecule has 1 saturated carbocycles.